The predicted molar refractivity (Wildman–Crippen MR) is 75.6 cm³/mol. The van der Waals surface area contributed by atoms with Crippen LogP contribution in [0.3, 0.4) is 0 Å². The number of nitrogens with one attached hydrogen (secondary N) is 1. The third-order valence-electron chi connectivity index (χ3n) is 2.79. The summed E-state index contributed by atoms with van der Waals surface area (Å²) in [6.07, 6.45) is 2.90. The minimum Gasteiger partial charge on any atom is -0.356 e. The number of nitrogen functional groups attached to an aromatic ring is 1. The molecule has 0 aliphatic heterocycles. The normalized spacial score (nSPS) is 10.8. The number of nitrogens with zero attached hydrogens (tertiary/aromatic N) is 4. The monoisotopic (exact) mass is 252 g/mol. The molecule has 0 atom stereocenters. The second-order valence-corrected chi connectivity index (χ2v) is 4.58. The van der Waals surface area contributed by atoms with Crippen LogP contribution in [0.25, 0.3) is 0 Å². The van der Waals surface area contributed by atoms with Gasteiger partial charge in [0, 0.05) is 24.8 Å². The first-order valence-electron chi connectivity index (χ1n) is 6.28. The molecule has 6 heteroatoms. The van der Waals surface area contributed by atoms with Gasteiger partial charge in [0.15, 0.2) is 0 Å². The molecule has 18 heavy (non-hydrogen) atoms. The molecule has 6 nitrogen and oxygen atoms in total. The summed E-state index contributed by atoms with van der Waals surface area (Å²) in [5.41, 5.74) is 3.56. The molecule has 0 saturated heterocycles. The average molecular weight is 252 g/mol. The Morgan fingerprint density at radius 3 is 2.61 bits per heavy atom. The van der Waals surface area contributed by atoms with Gasteiger partial charge in [-0.3, -0.25) is 5.43 Å². The Bertz CT molecular complexity index is 366. The van der Waals surface area contributed by atoms with Crippen LogP contribution in [0, 0.1) is 6.92 Å². The van der Waals surface area contributed by atoms with E-state index in [4.69, 9.17) is 5.84 Å². The lowest BCUT2D eigenvalue weighted by atomic mass is 10.3. The minimum atomic E-state index is 0.460. The van der Waals surface area contributed by atoms with E-state index in [0.29, 0.717) is 5.95 Å². The number of aromatic nitrogens is 2. The maximum Gasteiger partial charge on any atom is 0.239 e. The summed E-state index contributed by atoms with van der Waals surface area (Å²) in [7, 11) is 4.17. The van der Waals surface area contributed by atoms with Gasteiger partial charge in [0.25, 0.3) is 0 Å². The van der Waals surface area contributed by atoms with Crippen molar-refractivity contribution in [3.8, 4) is 0 Å². The molecule has 0 amide bonds. The van der Waals surface area contributed by atoms with E-state index in [9.17, 15) is 0 Å². The molecule has 0 aromatic carbocycles. The topological polar surface area (TPSA) is 70.3 Å². The van der Waals surface area contributed by atoms with Crippen LogP contribution < -0.4 is 16.2 Å². The third-order valence-corrected chi connectivity index (χ3v) is 2.79. The van der Waals surface area contributed by atoms with Crippen LogP contribution in [0.15, 0.2) is 6.20 Å². The summed E-state index contributed by atoms with van der Waals surface area (Å²) in [5.74, 6) is 6.77. The summed E-state index contributed by atoms with van der Waals surface area (Å²) in [5, 5.41) is 0. The van der Waals surface area contributed by atoms with Crippen molar-refractivity contribution in [3.05, 3.63) is 11.8 Å². The van der Waals surface area contributed by atoms with Crippen molar-refractivity contribution < 1.29 is 0 Å². The van der Waals surface area contributed by atoms with Gasteiger partial charge in [0.05, 0.1) is 0 Å². The Kier molecular flexibility index (Phi) is 5.80. The SMILES string of the molecule is CCN(CCCN(C)C)c1nc(NN)ncc1C. The molecule has 1 aromatic heterocycles. The molecule has 1 rings (SSSR count). The molecule has 3 N–H and O–H groups in total. The molecular weight excluding hydrogens is 228 g/mol. The highest BCUT2D eigenvalue weighted by atomic mass is 15.3. The Labute approximate surface area is 109 Å². The highest BCUT2D eigenvalue weighted by Crippen LogP contribution is 2.17. The van der Waals surface area contributed by atoms with Crippen molar-refractivity contribution in [1.82, 2.24) is 14.9 Å². The van der Waals surface area contributed by atoms with Crippen molar-refractivity contribution >= 4 is 11.8 Å². The maximum atomic E-state index is 5.35. The first-order valence-corrected chi connectivity index (χ1v) is 6.28. The first kappa shape index (κ1) is 14.7. The zero-order valence-corrected chi connectivity index (χ0v) is 11.8. The van der Waals surface area contributed by atoms with Crippen LogP contribution in [0.4, 0.5) is 11.8 Å². The molecule has 0 saturated carbocycles. The van der Waals surface area contributed by atoms with E-state index in [1.807, 2.05) is 6.92 Å². The maximum absolute atomic E-state index is 5.35. The molecular formula is C12H24N6. The lowest BCUT2D eigenvalue weighted by molar-refractivity contribution is 0.400. The van der Waals surface area contributed by atoms with Crippen molar-refractivity contribution in [2.24, 2.45) is 5.84 Å². The molecule has 1 heterocycles. The lowest BCUT2D eigenvalue weighted by Gasteiger charge is -2.24. The molecule has 0 spiro atoms. The minimum absolute atomic E-state index is 0.460. The third kappa shape index (κ3) is 4.12. The Morgan fingerprint density at radius 2 is 2.06 bits per heavy atom. The molecule has 0 aliphatic rings. The molecule has 0 fully saturated rings. The zero-order chi connectivity index (χ0) is 13.5. The van der Waals surface area contributed by atoms with Gasteiger partial charge in [-0.2, -0.15) is 4.98 Å². The fourth-order valence-electron chi connectivity index (χ4n) is 1.81. The fraction of sp³-hybridized carbons (Fsp3) is 0.667. The molecule has 1 aromatic rings. The molecule has 102 valence electrons. The summed E-state index contributed by atoms with van der Waals surface area (Å²) >= 11 is 0. The van der Waals surface area contributed by atoms with Crippen LogP contribution in [0.1, 0.15) is 18.9 Å². The second kappa shape index (κ2) is 7.13. The molecule has 0 bridgehead atoms. The molecule has 0 aliphatic carbocycles. The van der Waals surface area contributed by atoms with Crippen molar-refractivity contribution in [1.29, 1.82) is 0 Å². The number of nitrogens with two attached hydrogens (primary N) is 1. The van der Waals surface area contributed by atoms with Gasteiger partial charge in [0.2, 0.25) is 5.95 Å². The standard InChI is InChI=1S/C12H24N6/c1-5-18(8-6-7-17(3)4)11-10(2)9-14-12(15-11)16-13/h9H,5-8,13H2,1-4H3,(H,14,15,16). The van der Waals surface area contributed by atoms with Crippen LogP contribution in [-0.2, 0) is 0 Å². The Balaban J connectivity index is 2.74. The quantitative estimate of drug-likeness (QED) is 0.554. The second-order valence-electron chi connectivity index (χ2n) is 4.58. The zero-order valence-electron chi connectivity index (χ0n) is 11.8. The van der Waals surface area contributed by atoms with E-state index in [1.165, 1.54) is 0 Å². The molecule has 0 radical (unpaired) electrons. The van der Waals surface area contributed by atoms with Gasteiger partial charge < -0.3 is 9.80 Å². The summed E-state index contributed by atoms with van der Waals surface area (Å²) in [6, 6.07) is 0. The van der Waals surface area contributed by atoms with Crippen molar-refractivity contribution in [2.75, 3.05) is 44.1 Å². The lowest BCUT2D eigenvalue weighted by Crippen LogP contribution is -2.29. The van der Waals surface area contributed by atoms with Crippen LogP contribution in [-0.4, -0.2) is 48.6 Å². The van der Waals surface area contributed by atoms with Crippen molar-refractivity contribution in [2.45, 2.75) is 20.3 Å². The van der Waals surface area contributed by atoms with Crippen LogP contribution >= 0.6 is 0 Å². The number of hydrazine groups is 1. The Hall–Kier alpha value is -1.40. The summed E-state index contributed by atoms with van der Waals surface area (Å²) in [4.78, 5) is 13.0. The number of rotatable bonds is 7. The highest BCUT2D eigenvalue weighted by Gasteiger charge is 2.10. The van der Waals surface area contributed by atoms with E-state index in [-0.39, 0.29) is 0 Å². The van der Waals surface area contributed by atoms with E-state index < -0.39 is 0 Å². The van der Waals surface area contributed by atoms with Crippen LogP contribution in [0.2, 0.25) is 0 Å². The first-order chi connectivity index (χ1) is 8.58. The summed E-state index contributed by atoms with van der Waals surface area (Å²) < 4.78 is 0. The van der Waals surface area contributed by atoms with Gasteiger partial charge in [-0.1, -0.05) is 0 Å². The van der Waals surface area contributed by atoms with Crippen LogP contribution in [0.5, 0.6) is 0 Å². The number of anilines is 2. The summed E-state index contributed by atoms with van der Waals surface area (Å²) in [6.45, 7) is 7.13. The van der Waals surface area contributed by atoms with E-state index in [2.05, 4.69) is 46.2 Å². The number of hydrogen-bond acceptors (Lipinski definition) is 6. The average Bonchev–Trinajstić information content (AvgIpc) is 2.35. The van der Waals surface area contributed by atoms with Gasteiger partial charge in [-0.05, 0) is 40.9 Å². The Morgan fingerprint density at radius 1 is 1.33 bits per heavy atom. The van der Waals surface area contributed by atoms with Gasteiger partial charge in [0.1, 0.15) is 5.82 Å². The van der Waals surface area contributed by atoms with Gasteiger partial charge in [-0.25, -0.2) is 10.8 Å². The highest BCUT2D eigenvalue weighted by molar-refractivity contribution is 5.48. The number of aryl methyl sites for hydroxylation is 1. The number of hydrogen-bond donors (Lipinski definition) is 2. The van der Waals surface area contributed by atoms with Gasteiger partial charge in [-0.15, -0.1) is 0 Å². The predicted octanol–water partition coefficient (Wildman–Crippen LogP) is 0.849. The van der Waals surface area contributed by atoms with Crippen molar-refractivity contribution in [3.63, 3.8) is 0 Å². The van der Waals surface area contributed by atoms with Gasteiger partial charge >= 0.3 is 0 Å². The molecule has 0 unspecified atom stereocenters. The largest absolute Gasteiger partial charge is 0.356 e. The van der Waals surface area contributed by atoms with E-state index >= 15 is 0 Å². The smallest absolute Gasteiger partial charge is 0.239 e. The van der Waals surface area contributed by atoms with E-state index in [1.54, 1.807) is 6.20 Å². The van der Waals surface area contributed by atoms with E-state index in [0.717, 1.165) is 37.4 Å². The fourth-order valence-corrected chi connectivity index (χ4v) is 1.81.